The van der Waals surface area contributed by atoms with Crippen LogP contribution in [0.2, 0.25) is 0 Å². The fourth-order valence-electron chi connectivity index (χ4n) is 3.22. The van der Waals surface area contributed by atoms with E-state index in [2.05, 4.69) is 55.6 Å². The van der Waals surface area contributed by atoms with Crippen LogP contribution in [0.3, 0.4) is 0 Å². The topological polar surface area (TPSA) is 65.4 Å². The number of guanidine groups is 1. The summed E-state index contributed by atoms with van der Waals surface area (Å²) in [5, 5.41) is 6.93. The maximum absolute atomic E-state index is 4.42. The average Bonchev–Trinajstić information content (AvgIpc) is 2.68. The molecule has 0 bridgehead atoms. The molecule has 0 unspecified atom stereocenters. The number of aliphatic imine (C=N–C) groups is 1. The highest BCUT2D eigenvalue weighted by molar-refractivity contribution is 14.0. The van der Waals surface area contributed by atoms with Gasteiger partial charge in [0.25, 0.3) is 0 Å². The van der Waals surface area contributed by atoms with Crippen molar-refractivity contribution in [1.82, 2.24) is 25.5 Å². The van der Waals surface area contributed by atoms with E-state index in [1.165, 1.54) is 5.56 Å². The molecule has 0 atom stereocenters. The van der Waals surface area contributed by atoms with Gasteiger partial charge in [-0.25, -0.2) is 0 Å². The third-order valence-corrected chi connectivity index (χ3v) is 4.80. The molecular weight excluding hydrogens is 451 g/mol. The molecule has 0 saturated carbocycles. The summed E-state index contributed by atoms with van der Waals surface area (Å²) in [4.78, 5) is 15.7. The summed E-state index contributed by atoms with van der Waals surface area (Å²) in [7, 11) is 1.82. The van der Waals surface area contributed by atoms with Crippen molar-refractivity contribution in [2.24, 2.45) is 4.99 Å². The van der Waals surface area contributed by atoms with Gasteiger partial charge in [-0.15, -0.1) is 24.0 Å². The van der Waals surface area contributed by atoms with Crippen LogP contribution in [0, 0.1) is 6.92 Å². The molecule has 27 heavy (non-hydrogen) atoms. The quantitative estimate of drug-likeness (QED) is 0.392. The second-order valence-electron chi connectivity index (χ2n) is 6.71. The molecule has 2 aromatic heterocycles. The van der Waals surface area contributed by atoms with Gasteiger partial charge in [0, 0.05) is 45.1 Å². The molecule has 3 rings (SSSR count). The number of pyridine rings is 2. The number of hydrogen-bond donors (Lipinski definition) is 2. The average molecular weight is 480 g/mol. The van der Waals surface area contributed by atoms with Gasteiger partial charge in [-0.1, -0.05) is 12.1 Å². The monoisotopic (exact) mass is 480 g/mol. The van der Waals surface area contributed by atoms with Gasteiger partial charge in [0.1, 0.15) is 0 Å². The molecule has 1 aliphatic rings. The van der Waals surface area contributed by atoms with E-state index in [1.54, 1.807) is 0 Å². The zero-order chi connectivity index (χ0) is 18.2. The van der Waals surface area contributed by atoms with E-state index in [0.29, 0.717) is 12.6 Å². The van der Waals surface area contributed by atoms with Gasteiger partial charge in [-0.2, -0.15) is 0 Å². The van der Waals surface area contributed by atoms with E-state index in [9.17, 15) is 0 Å². The van der Waals surface area contributed by atoms with Gasteiger partial charge >= 0.3 is 0 Å². The fraction of sp³-hybridized carbons (Fsp3) is 0.450. The molecule has 2 aromatic rings. The van der Waals surface area contributed by atoms with Crippen LogP contribution in [-0.2, 0) is 13.1 Å². The van der Waals surface area contributed by atoms with Crippen molar-refractivity contribution in [2.75, 3.05) is 20.1 Å². The third-order valence-electron chi connectivity index (χ3n) is 4.80. The van der Waals surface area contributed by atoms with Gasteiger partial charge in [-0.05, 0) is 43.5 Å². The number of nitrogens with zero attached hydrogens (tertiary/aromatic N) is 4. The number of piperidine rings is 1. The second-order valence-corrected chi connectivity index (χ2v) is 6.71. The first-order valence-electron chi connectivity index (χ1n) is 9.24. The summed E-state index contributed by atoms with van der Waals surface area (Å²) >= 11 is 0. The minimum atomic E-state index is 0. The minimum absolute atomic E-state index is 0. The van der Waals surface area contributed by atoms with Gasteiger partial charge in [0.2, 0.25) is 0 Å². The Labute approximate surface area is 178 Å². The predicted octanol–water partition coefficient (Wildman–Crippen LogP) is 2.73. The molecule has 0 amide bonds. The number of rotatable bonds is 5. The van der Waals surface area contributed by atoms with Crippen molar-refractivity contribution >= 4 is 29.9 Å². The lowest BCUT2D eigenvalue weighted by Gasteiger charge is -2.32. The molecule has 0 radical (unpaired) electrons. The van der Waals surface area contributed by atoms with Crippen molar-refractivity contribution in [3.05, 3.63) is 59.7 Å². The van der Waals surface area contributed by atoms with Crippen LogP contribution in [0.5, 0.6) is 0 Å². The van der Waals surface area contributed by atoms with Crippen molar-refractivity contribution < 1.29 is 0 Å². The van der Waals surface area contributed by atoms with E-state index < -0.39 is 0 Å². The van der Waals surface area contributed by atoms with Gasteiger partial charge in [0.15, 0.2) is 5.96 Å². The van der Waals surface area contributed by atoms with Crippen molar-refractivity contribution in [3.63, 3.8) is 0 Å². The summed E-state index contributed by atoms with van der Waals surface area (Å²) in [6.07, 6.45) is 5.91. The number of nitrogens with one attached hydrogen (secondary N) is 2. The maximum Gasteiger partial charge on any atom is 0.191 e. The Kier molecular flexibility index (Phi) is 8.93. The Morgan fingerprint density at radius 3 is 2.59 bits per heavy atom. The summed E-state index contributed by atoms with van der Waals surface area (Å²) in [5.74, 6) is 0.846. The molecule has 1 fully saturated rings. The Bertz CT molecular complexity index is 713. The van der Waals surface area contributed by atoms with Gasteiger partial charge < -0.3 is 10.6 Å². The smallest absolute Gasteiger partial charge is 0.191 e. The zero-order valence-electron chi connectivity index (χ0n) is 16.1. The first-order valence-corrected chi connectivity index (χ1v) is 9.24. The highest BCUT2D eigenvalue weighted by atomic mass is 127. The fourth-order valence-corrected chi connectivity index (χ4v) is 3.22. The van der Waals surface area contributed by atoms with Crippen LogP contribution in [0.25, 0.3) is 0 Å². The first kappa shape index (κ1) is 21.6. The van der Waals surface area contributed by atoms with Crippen LogP contribution in [0.1, 0.15) is 29.8 Å². The van der Waals surface area contributed by atoms with E-state index in [1.807, 2.05) is 31.6 Å². The van der Waals surface area contributed by atoms with Crippen LogP contribution in [-0.4, -0.2) is 47.0 Å². The highest BCUT2D eigenvalue weighted by Crippen LogP contribution is 2.13. The number of aryl methyl sites for hydroxylation is 1. The van der Waals surface area contributed by atoms with Crippen LogP contribution >= 0.6 is 24.0 Å². The molecule has 1 saturated heterocycles. The van der Waals surface area contributed by atoms with E-state index in [-0.39, 0.29) is 24.0 Å². The van der Waals surface area contributed by atoms with Crippen LogP contribution < -0.4 is 10.6 Å². The summed E-state index contributed by atoms with van der Waals surface area (Å²) in [6, 6.07) is 10.6. The number of likely N-dealkylation sites (tertiary alicyclic amines) is 1. The number of halogens is 1. The Hall–Kier alpha value is -1.74. The summed E-state index contributed by atoms with van der Waals surface area (Å²) in [6.45, 7) is 5.84. The Morgan fingerprint density at radius 2 is 1.93 bits per heavy atom. The van der Waals surface area contributed by atoms with Crippen molar-refractivity contribution in [3.8, 4) is 0 Å². The molecule has 146 valence electrons. The van der Waals surface area contributed by atoms with E-state index in [4.69, 9.17) is 0 Å². The first-order chi connectivity index (χ1) is 12.7. The summed E-state index contributed by atoms with van der Waals surface area (Å²) < 4.78 is 0. The lowest BCUT2D eigenvalue weighted by molar-refractivity contribution is 0.196. The van der Waals surface area contributed by atoms with Crippen LogP contribution in [0.4, 0.5) is 0 Å². The Morgan fingerprint density at radius 1 is 1.15 bits per heavy atom. The van der Waals surface area contributed by atoms with Crippen molar-refractivity contribution in [1.29, 1.82) is 0 Å². The SMILES string of the molecule is CN=C(NCc1ncccc1C)NC1CCN(Cc2ccccn2)CC1.I. The maximum atomic E-state index is 4.42. The predicted molar refractivity (Wildman–Crippen MR) is 120 cm³/mol. The third kappa shape index (κ3) is 6.73. The molecule has 0 aromatic carbocycles. The standard InChI is InChI=1S/C20H28N6.HI/c1-16-6-5-11-23-19(16)14-24-20(21-2)25-17-8-12-26(13-9-17)15-18-7-3-4-10-22-18;/h3-7,10-11,17H,8-9,12-15H2,1-2H3,(H2,21,24,25);1H. The Balaban J connectivity index is 0.00000261. The largest absolute Gasteiger partial charge is 0.354 e. The van der Waals surface area contributed by atoms with Gasteiger partial charge in [-0.3, -0.25) is 19.9 Å². The molecule has 3 heterocycles. The molecule has 6 nitrogen and oxygen atoms in total. The molecule has 0 spiro atoms. The molecule has 7 heteroatoms. The normalized spacial score (nSPS) is 15.9. The molecule has 0 aliphatic carbocycles. The van der Waals surface area contributed by atoms with Crippen molar-refractivity contribution in [2.45, 2.75) is 38.9 Å². The molecule has 1 aliphatic heterocycles. The van der Waals surface area contributed by atoms with Gasteiger partial charge in [0.05, 0.1) is 17.9 Å². The van der Waals surface area contributed by atoms with E-state index in [0.717, 1.165) is 49.8 Å². The minimum Gasteiger partial charge on any atom is -0.354 e. The molecule has 2 N–H and O–H groups in total. The lowest BCUT2D eigenvalue weighted by atomic mass is 10.0. The second kappa shape index (κ2) is 11.2. The summed E-state index contributed by atoms with van der Waals surface area (Å²) in [5.41, 5.74) is 3.39. The number of aromatic nitrogens is 2. The highest BCUT2D eigenvalue weighted by Gasteiger charge is 2.20. The van der Waals surface area contributed by atoms with E-state index >= 15 is 0 Å². The lowest BCUT2D eigenvalue weighted by Crippen LogP contribution is -2.48. The number of hydrogen-bond acceptors (Lipinski definition) is 4. The molecular formula is C20H29IN6. The zero-order valence-corrected chi connectivity index (χ0v) is 18.4. The van der Waals surface area contributed by atoms with Crippen LogP contribution in [0.15, 0.2) is 47.7 Å².